The first-order valence-electron chi connectivity index (χ1n) is 5.06. The topological polar surface area (TPSA) is 80.7 Å². The summed E-state index contributed by atoms with van der Waals surface area (Å²) in [4.78, 5) is 10.8. The van der Waals surface area contributed by atoms with Crippen molar-refractivity contribution in [2.24, 2.45) is 0 Å². The normalized spacial score (nSPS) is 13.3. The summed E-state index contributed by atoms with van der Waals surface area (Å²) in [5.74, 6) is -1.48. The lowest BCUT2D eigenvalue weighted by atomic mass is 10.2. The minimum atomic E-state index is -3.59. The van der Waals surface area contributed by atoms with Crippen molar-refractivity contribution in [1.29, 1.82) is 0 Å². The number of carboxylic acid groups (broad SMARTS) is 1. The van der Waals surface area contributed by atoms with E-state index in [1.54, 1.807) is 6.92 Å². The highest BCUT2D eigenvalue weighted by atomic mass is 35.5. The van der Waals surface area contributed by atoms with E-state index in [0.717, 1.165) is 6.07 Å². The number of carbonyl (C=O) groups is 1. The Balaban J connectivity index is 3.18. The van der Waals surface area contributed by atoms with E-state index in [9.17, 15) is 13.2 Å². The number of sulfone groups is 1. The molecule has 1 aromatic carbocycles. The second kappa shape index (κ2) is 5.69. The van der Waals surface area contributed by atoms with Crippen molar-refractivity contribution in [3.8, 4) is 0 Å². The summed E-state index contributed by atoms with van der Waals surface area (Å²) < 4.78 is 28.8. The van der Waals surface area contributed by atoms with E-state index in [0.29, 0.717) is 0 Å². The summed E-state index contributed by atoms with van der Waals surface area (Å²) in [7, 11) is -2.18. The highest BCUT2D eigenvalue weighted by molar-refractivity contribution is 7.91. The molecule has 0 aliphatic carbocycles. The molecule has 0 aliphatic rings. The van der Waals surface area contributed by atoms with Gasteiger partial charge < -0.3 is 9.84 Å². The molecule has 100 valence electrons. The highest BCUT2D eigenvalue weighted by Gasteiger charge is 2.21. The lowest BCUT2D eigenvalue weighted by Crippen LogP contribution is -2.20. The van der Waals surface area contributed by atoms with Crippen molar-refractivity contribution in [2.45, 2.75) is 17.9 Å². The zero-order valence-electron chi connectivity index (χ0n) is 9.88. The molecule has 1 aromatic rings. The van der Waals surface area contributed by atoms with Crippen molar-refractivity contribution in [3.05, 3.63) is 28.8 Å². The summed E-state index contributed by atoms with van der Waals surface area (Å²) in [6.45, 7) is 1.62. The van der Waals surface area contributed by atoms with Gasteiger partial charge in [-0.05, 0) is 25.1 Å². The van der Waals surface area contributed by atoms with Crippen LogP contribution in [0.25, 0.3) is 0 Å². The smallest absolute Gasteiger partial charge is 0.337 e. The first kappa shape index (κ1) is 14.9. The Morgan fingerprint density at radius 1 is 1.50 bits per heavy atom. The number of hydrogen-bond acceptors (Lipinski definition) is 4. The Labute approximate surface area is 110 Å². The van der Waals surface area contributed by atoms with Crippen LogP contribution in [-0.4, -0.2) is 38.5 Å². The Bertz CT molecular complexity index is 553. The van der Waals surface area contributed by atoms with Crippen LogP contribution in [0.2, 0.25) is 5.02 Å². The molecular weight excluding hydrogens is 280 g/mol. The second-order valence-corrected chi connectivity index (χ2v) is 6.22. The first-order chi connectivity index (χ1) is 8.27. The standard InChI is InChI=1S/C11H13ClO5S/c1-7(17-2)6-18(15,16)8-3-4-10(12)9(5-8)11(13)14/h3-5,7H,6H2,1-2H3,(H,13,14). The van der Waals surface area contributed by atoms with Gasteiger partial charge in [0, 0.05) is 7.11 Å². The molecule has 0 fully saturated rings. The maximum Gasteiger partial charge on any atom is 0.337 e. The quantitative estimate of drug-likeness (QED) is 0.896. The number of carboxylic acids is 1. The third-order valence-electron chi connectivity index (χ3n) is 2.38. The van der Waals surface area contributed by atoms with E-state index in [1.807, 2.05) is 0 Å². The average molecular weight is 293 g/mol. The molecule has 1 unspecified atom stereocenters. The van der Waals surface area contributed by atoms with Gasteiger partial charge in [-0.2, -0.15) is 0 Å². The van der Waals surface area contributed by atoms with E-state index < -0.39 is 21.9 Å². The van der Waals surface area contributed by atoms with Crippen molar-refractivity contribution in [2.75, 3.05) is 12.9 Å². The van der Waals surface area contributed by atoms with Gasteiger partial charge in [-0.3, -0.25) is 0 Å². The van der Waals surface area contributed by atoms with Crippen molar-refractivity contribution >= 4 is 27.4 Å². The summed E-state index contributed by atoms with van der Waals surface area (Å²) in [6, 6.07) is 3.60. The second-order valence-electron chi connectivity index (χ2n) is 3.77. The van der Waals surface area contributed by atoms with Crippen molar-refractivity contribution in [1.82, 2.24) is 0 Å². The fraction of sp³-hybridized carbons (Fsp3) is 0.364. The van der Waals surface area contributed by atoms with E-state index >= 15 is 0 Å². The van der Waals surface area contributed by atoms with Crippen LogP contribution in [0.5, 0.6) is 0 Å². The molecule has 1 atom stereocenters. The number of halogens is 1. The first-order valence-corrected chi connectivity index (χ1v) is 7.09. The lowest BCUT2D eigenvalue weighted by molar-refractivity contribution is 0.0697. The van der Waals surface area contributed by atoms with Gasteiger partial charge in [-0.15, -0.1) is 0 Å². The minimum Gasteiger partial charge on any atom is -0.478 e. The predicted octanol–water partition coefficient (Wildman–Crippen LogP) is 1.85. The van der Waals surface area contributed by atoms with Crippen molar-refractivity contribution in [3.63, 3.8) is 0 Å². The molecule has 1 rings (SSSR count). The van der Waals surface area contributed by atoms with Gasteiger partial charge in [0.25, 0.3) is 0 Å². The molecular formula is C11H13ClO5S. The zero-order chi connectivity index (χ0) is 13.9. The van der Waals surface area contributed by atoms with E-state index in [1.165, 1.54) is 19.2 Å². The van der Waals surface area contributed by atoms with Gasteiger partial charge in [-0.1, -0.05) is 11.6 Å². The Hall–Kier alpha value is -1.11. The number of aromatic carboxylic acids is 1. The number of hydrogen-bond donors (Lipinski definition) is 1. The lowest BCUT2D eigenvalue weighted by Gasteiger charge is -2.11. The van der Waals surface area contributed by atoms with Gasteiger partial charge in [0.15, 0.2) is 9.84 Å². The van der Waals surface area contributed by atoms with Crippen LogP contribution < -0.4 is 0 Å². The maximum absolute atomic E-state index is 12.0. The minimum absolute atomic E-state index is 0.00115. The van der Waals surface area contributed by atoms with Gasteiger partial charge >= 0.3 is 5.97 Å². The number of methoxy groups -OCH3 is 1. The van der Waals surface area contributed by atoms with Crippen LogP contribution in [0.15, 0.2) is 23.1 Å². The molecule has 0 heterocycles. The molecule has 0 aliphatic heterocycles. The number of rotatable bonds is 5. The van der Waals surface area contributed by atoms with Crippen LogP contribution in [-0.2, 0) is 14.6 Å². The Morgan fingerprint density at radius 2 is 2.11 bits per heavy atom. The molecule has 0 spiro atoms. The summed E-state index contributed by atoms with van der Waals surface area (Å²) >= 11 is 5.67. The molecule has 1 N–H and O–H groups in total. The van der Waals surface area contributed by atoms with E-state index in [4.69, 9.17) is 21.4 Å². The Morgan fingerprint density at radius 3 is 2.61 bits per heavy atom. The largest absolute Gasteiger partial charge is 0.478 e. The van der Waals surface area contributed by atoms with Crippen LogP contribution in [0.3, 0.4) is 0 Å². The van der Waals surface area contributed by atoms with Gasteiger partial charge in [-0.25, -0.2) is 13.2 Å². The predicted molar refractivity (Wildman–Crippen MR) is 66.9 cm³/mol. The molecule has 0 saturated heterocycles. The summed E-state index contributed by atoms with van der Waals surface area (Å²) in [5.41, 5.74) is -0.234. The highest BCUT2D eigenvalue weighted by Crippen LogP contribution is 2.21. The van der Waals surface area contributed by atoms with Crippen LogP contribution in [0, 0.1) is 0 Å². The number of benzene rings is 1. The van der Waals surface area contributed by atoms with E-state index in [2.05, 4.69) is 0 Å². The molecule has 7 heteroatoms. The van der Waals surface area contributed by atoms with E-state index in [-0.39, 0.29) is 21.2 Å². The van der Waals surface area contributed by atoms with Crippen LogP contribution in [0.4, 0.5) is 0 Å². The molecule has 0 saturated carbocycles. The SMILES string of the molecule is COC(C)CS(=O)(=O)c1ccc(Cl)c(C(=O)O)c1. The zero-order valence-corrected chi connectivity index (χ0v) is 11.5. The van der Waals surface area contributed by atoms with Gasteiger partial charge in [0.05, 0.1) is 27.3 Å². The monoisotopic (exact) mass is 292 g/mol. The third kappa shape index (κ3) is 3.44. The molecule has 5 nitrogen and oxygen atoms in total. The third-order valence-corrected chi connectivity index (χ3v) is 4.59. The fourth-order valence-corrected chi connectivity index (χ4v) is 3.05. The molecule has 0 amide bonds. The number of ether oxygens (including phenoxy) is 1. The van der Waals surface area contributed by atoms with Crippen LogP contribution >= 0.6 is 11.6 Å². The summed E-state index contributed by atoms with van der Waals surface area (Å²) in [5, 5.41) is 8.88. The van der Waals surface area contributed by atoms with Crippen molar-refractivity contribution < 1.29 is 23.1 Å². The van der Waals surface area contributed by atoms with Crippen LogP contribution in [0.1, 0.15) is 17.3 Å². The molecule has 0 bridgehead atoms. The molecule has 0 aromatic heterocycles. The Kier molecular flexibility index (Phi) is 4.72. The maximum atomic E-state index is 12.0. The van der Waals surface area contributed by atoms with Gasteiger partial charge in [0.1, 0.15) is 0 Å². The summed E-state index contributed by atoms with van der Waals surface area (Å²) in [6.07, 6.45) is -0.473. The fourth-order valence-electron chi connectivity index (χ4n) is 1.33. The molecule has 18 heavy (non-hydrogen) atoms. The van der Waals surface area contributed by atoms with Gasteiger partial charge in [0.2, 0.25) is 0 Å². The molecule has 0 radical (unpaired) electrons. The average Bonchev–Trinajstić information content (AvgIpc) is 2.28.